The lowest BCUT2D eigenvalue weighted by atomic mass is 10.0. The Bertz CT molecular complexity index is 790. The van der Waals surface area contributed by atoms with Crippen LogP contribution in [-0.4, -0.2) is 19.1 Å². The van der Waals surface area contributed by atoms with Crippen LogP contribution < -0.4 is 16.0 Å². The zero-order chi connectivity index (χ0) is 21.7. The third kappa shape index (κ3) is 6.29. The standard InChI is InChI=1S/C18H17F6N5/c19-17(20,21)13-4-11(5-14(6-13)18(22,23)24)9-28-16(12(7-25)8-26)29-10-15-2-1-3-27-15/h4-6,15,27-29H,1-3,9-10H2. The van der Waals surface area contributed by atoms with Crippen LogP contribution in [0.1, 0.15) is 29.5 Å². The number of hydrogen-bond acceptors (Lipinski definition) is 5. The number of nitrogens with zero attached hydrogens (tertiary/aromatic N) is 2. The van der Waals surface area contributed by atoms with Gasteiger partial charge in [-0.05, 0) is 43.1 Å². The number of halogens is 6. The predicted molar refractivity (Wildman–Crippen MR) is 90.6 cm³/mol. The van der Waals surface area contributed by atoms with Crippen LogP contribution in [0.3, 0.4) is 0 Å². The molecule has 156 valence electrons. The molecule has 5 nitrogen and oxygen atoms in total. The maximum Gasteiger partial charge on any atom is 0.416 e. The summed E-state index contributed by atoms with van der Waals surface area (Å²) < 4.78 is 77.8. The number of allylic oxidation sites excluding steroid dienone is 1. The molecule has 1 saturated heterocycles. The molecule has 0 radical (unpaired) electrons. The second-order valence-electron chi connectivity index (χ2n) is 6.42. The number of hydrogen-bond donors (Lipinski definition) is 3. The number of alkyl halides is 6. The molecule has 1 aliphatic rings. The van der Waals surface area contributed by atoms with Crippen LogP contribution in [0, 0.1) is 22.7 Å². The van der Waals surface area contributed by atoms with Gasteiger partial charge in [-0.15, -0.1) is 0 Å². The van der Waals surface area contributed by atoms with Gasteiger partial charge in [0.2, 0.25) is 0 Å². The lowest BCUT2D eigenvalue weighted by Gasteiger charge is -2.18. The molecule has 1 atom stereocenters. The molecule has 29 heavy (non-hydrogen) atoms. The van der Waals surface area contributed by atoms with Gasteiger partial charge in [-0.3, -0.25) is 0 Å². The van der Waals surface area contributed by atoms with Gasteiger partial charge in [0.15, 0.2) is 5.57 Å². The van der Waals surface area contributed by atoms with Crippen molar-refractivity contribution in [2.45, 2.75) is 37.8 Å². The average molecular weight is 417 g/mol. The molecule has 1 heterocycles. The summed E-state index contributed by atoms with van der Waals surface area (Å²) in [5.74, 6) is -0.0466. The average Bonchev–Trinajstić information content (AvgIpc) is 3.16. The Morgan fingerprint density at radius 3 is 2.03 bits per heavy atom. The third-order valence-electron chi connectivity index (χ3n) is 4.28. The molecule has 3 N–H and O–H groups in total. The Kier molecular flexibility index (Phi) is 6.98. The molecule has 2 rings (SSSR count). The molecule has 0 aromatic heterocycles. The number of rotatable bonds is 6. The smallest absolute Gasteiger partial charge is 0.369 e. The summed E-state index contributed by atoms with van der Waals surface area (Å²) in [6, 6.07) is 4.61. The molecule has 1 unspecified atom stereocenters. The highest BCUT2D eigenvalue weighted by molar-refractivity contribution is 5.39. The fraction of sp³-hybridized carbons (Fsp3) is 0.444. The van der Waals surface area contributed by atoms with Crippen molar-refractivity contribution in [3.05, 3.63) is 46.3 Å². The van der Waals surface area contributed by atoms with Crippen LogP contribution in [0.2, 0.25) is 0 Å². The molecule has 1 aromatic rings. The first-order valence-corrected chi connectivity index (χ1v) is 8.58. The maximum absolute atomic E-state index is 13.0. The van der Waals surface area contributed by atoms with E-state index in [9.17, 15) is 26.3 Å². The second-order valence-corrected chi connectivity index (χ2v) is 6.42. The van der Waals surface area contributed by atoms with Gasteiger partial charge in [-0.2, -0.15) is 36.9 Å². The zero-order valence-corrected chi connectivity index (χ0v) is 15.0. The molecule has 1 fully saturated rings. The van der Waals surface area contributed by atoms with Gasteiger partial charge in [0.25, 0.3) is 0 Å². The van der Waals surface area contributed by atoms with Crippen molar-refractivity contribution in [3.8, 4) is 12.1 Å². The molecule has 1 aliphatic heterocycles. The lowest BCUT2D eigenvalue weighted by Crippen LogP contribution is -2.37. The van der Waals surface area contributed by atoms with E-state index in [2.05, 4.69) is 16.0 Å². The van der Waals surface area contributed by atoms with Crippen LogP contribution in [0.4, 0.5) is 26.3 Å². The second kappa shape index (κ2) is 9.05. The SMILES string of the molecule is N#CC(C#N)=C(NCc1cc(C(F)(F)F)cc(C(F)(F)F)c1)NCC1CCCN1. The van der Waals surface area contributed by atoms with E-state index in [0.29, 0.717) is 18.7 Å². The summed E-state index contributed by atoms with van der Waals surface area (Å²) in [5, 5.41) is 26.7. The Morgan fingerprint density at radius 1 is 1.00 bits per heavy atom. The van der Waals surface area contributed by atoms with Crippen molar-refractivity contribution in [3.63, 3.8) is 0 Å². The minimum atomic E-state index is -4.95. The van der Waals surface area contributed by atoms with E-state index < -0.39 is 30.0 Å². The first-order valence-electron chi connectivity index (χ1n) is 8.58. The molecule has 0 amide bonds. The highest BCUT2D eigenvalue weighted by Gasteiger charge is 2.36. The fourth-order valence-corrected chi connectivity index (χ4v) is 2.84. The first kappa shape index (κ1) is 22.4. The van der Waals surface area contributed by atoms with Crippen molar-refractivity contribution in [1.82, 2.24) is 16.0 Å². The van der Waals surface area contributed by atoms with Crippen molar-refractivity contribution < 1.29 is 26.3 Å². The Balaban J connectivity index is 2.24. The van der Waals surface area contributed by atoms with E-state index in [1.165, 1.54) is 0 Å². The largest absolute Gasteiger partial charge is 0.416 e. The van der Waals surface area contributed by atoms with Gasteiger partial charge >= 0.3 is 12.4 Å². The van der Waals surface area contributed by atoms with Crippen molar-refractivity contribution >= 4 is 0 Å². The topological polar surface area (TPSA) is 83.7 Å². The Labute approximate surface area is 163 Å². The minimum Gasteiger partial charge on any atom is -0.369 e. The lowest BCUT2D eigenvalue weighted by molar-refractivity contribution is -0.143. The molecule has 0 spiro atoms. The first-order chi connectivity index (χ1) is 13.5. The van der Waals surface area contributed by atoms with E-state index in [4.69, 9.17) is 10.5 Å². The molecule has 0 saturated carbocycles. The normalized spacial score (nSPS) is 16.6. The zero-order valence-electron chi connectivity index (χ0n) is 15.0. The molecular formula is C18H17F6N5. The van der Waals surface area contributed by atoms with E-state index in [1.807, 2.05) is 0 Å². The van der Waals surface area contributed by atoms with Gasteiger partial charge in [0, 0.05) is 19.1 Å². The van der Waals surface area contributed by atoms with E-state index in [1.54, 1.807) is 12.1 Å². The van der Waals surface area contributed by atoms with Crippen molar-refractivity contribution in [2.75, 3.05) is 13.1 Å². The number of nitriles is 2. The van der Waals surface area contributed by atoms with Crippen LogP contribution in [0.5, 0.6) is 0 Å². The third-order valence-corrected chi connectivity index (χ3v) is 4.28. The highest BCUT2D eigenvalue weighted by atomic mass is 19.4. The summed E-state index contributed by atoms with van der Waals surface area (Å²) >= 11 is 0. The summed E-state index contributed by atoms with van der Waals surface area (Å²) in [6.45, 7) is 0.707. The predicted octanol–water partition coefficient (Wildman–Crippen LogP) is 3.41. The molecule has 0 aliphatic carbocycles. The number of benzene rings is 1. The number of nitrogens with one attached hydrogen (secondary N) is 3. The Morgan fingerprint density at radius 2 is 1.59 bits per heavy atom. The summed E-state index contributed by atoms with van der Waals surface area (Å²) in [7, 11) is 0. The van der Waals surface area contributed by atoms with E-state index in [0.717, 1.165) is 19.4 Å². The van der Waals surface area contributed by atoms with Gasteiger partial charge in [0.1, 0.15) is 18.0 Å². The van der Waals surface area contributed by atoms with Gasteiger partial charge in [-0.1, -0.05) is 0 Å². The van der Waals surface area contributed by atoms with E-state index >= 15 is 0 Å². The molecule has 0 bridgehead atoms. The maximum atomic E-state index is 13.0. The van der Waals surface area contributed by atoms with Crippen LogP contribution >= 0.6 is 0 Å². The summed E-state index contributed by atoms with van der Waals surface area (Å²) in [6.07, 6.45) is -8.10. The summed E-state index contributed by atoms with van der Waals surface area (Å²) in [5.41, 5.74) is -3.51. The van der Waals surface area contributed by atoms with Gasteiger partial charge in [-0.25, -0.2) is 0 Å². The molecule has 1 aromatic carbocycles. The molecular weight excluding hydrogens is 400 g/mol. The van der Waals surface area contributed by atoms with Gasteiger partial charge in [0.05, 0.1) is 11.1 Å². The van der Waals surface area contributed by atoms with Crippen LogP contribution in [-0.2, 0) is 18.9 Å². The monoisotopic (exact) mass is 417 g/mol. The summed E-state index contributed by atoms with van der Waals surface area (Å²) in [4.78, 5) is 0. The van der Waals surface area contributed by atoms with Gasteiger partial charge < -0.3 is 16.0 Å². The van der Waals surface area contributed by atoms with Crippen molar-refractivity contribution in [2.24, 2.45) is 0 Å². The van der Waals surface area contributed by atoms with Crippen LogP contribution in [0.25, 0.3) is 0 Å². The molecule has 11 heteroatoms. The van der Waals surface area contributed by atoms with Crippen LogP contribution in [0.15, 0.2) is 29.6 Å². The van der Waals surface area contributed by atoms with E-state index in [-0.39, 0.29) is 29.1 Å². The Hall–Kier alpha value is -2.92. The quantitative estimate of drug-likeness (QED) is 0.488. The van der Waals surface area contributed by atoms with Crippen molar-refractivity contribution in [1.29, 1.82) is 10.5 Å². The fourth-order valence-electron chi connectivity index (χ4n) is 2.84. The minimum absolute atomic E-state index is 0.0419. The highest BCUT2D eigenvalue weighted by Crippen LogP contribution is 2.36.